The van der Waals surface area contributed by atoms with Gasteiger partial charge in [0.15, 0.2) is 5.76 Å². The highest BCUT2D eigenvalue weighted by molar-refractivity contribution is 7.89. The number of sulfonamides is 1. The molecule has 2 heterocycles. The van der Waals surface area contributed by atoms with Crippen molar-refractivity contribution in [3.05, 3.63) is 11.5 Å². The molecule has 9 nitrogen and oxygen atoms in total. The summed E-state index contributed by atoms with van der Waals surface area (Å²) < 4.78 is 32.1. The zero-order valence-electron chi connectivity index (χ0n) is 13.9. The number of carboxylic acid groups (broad SMARTS) is 1. The Morgan fingerprint density at radius 3 is 2.50 bits per heavy atom. The first-order valence-electron chi connectivity index (χ1n) is 7.54. The molecule has 0 aliphatic carbocycles. The number of amides is 1. The number of carbonyl (C=O) groups excluding carboxylic acids is 1. The molecule has 1 aliphatic rings. The molecule has 0 radical (unpaired) electrons. The standard InChI is InChI=1S/C14H21N3O6S/c1-7-12(10(4)23-15-7)24(21,22)16-8(2)13(18)17-6-5-11(9(17)3)14(19)20/h8-9,11,16H,5-6H2,1-4H3,(H,19,20). The lowest BCUT2D eigenvalue weighted by Crippen LogP contribution is -2.49. The predicted octanol–water partition coefficient (Wildman–Crippen LogP) is 0.280. The second-order valence-corrected chi connectivity index (χ2v) is 7.65. The summed E-state index contributed by atoms with van der Waals surface area (Å²) in [5.41, 5.74) is 0.208. The maximum atomic E-state index is 12.5. The van der Waals surface area contributed by atoms with Gasteiger partial charge in [0, 0.05) is 12.6 Å². The molecule has 1 aromatic heterocycles. The van der Waals surface area contributed by atoms with Crippen molar-refractivity contribution in [1.29, 1.82) is 0 Å². The summed E-state index contributed by atoms with van der Waals surface area (Å²) in [7, 11) is -3.97. The van der Waals surface area contributed by atoms with Crippen molar-refractivity contribution < 1.29 is 27.6 Å². The molecule has 0 saturated carbocycles. The summed E-state index contributed by atoms with van der Waals surface area (Å²) in [5, 5.41) is 12.7. The Bertz CT molecular complexity index is 737. The van der Waals surface area contributed by atoms with E-state index in [1.165, 1.54) is 25.7 Å². The van der Waals surface area contributed by atoms with Gasteiger partial charge >= 0.3 is 5.97 Å². The number of carboxylic acids is 1. The highest BCUT2D eigenvalue weighted by atomic mass is 32.2. The van der Waals surface area contributed by atoms with Crippen LogP contribution < -0.4 is 4.72 Å². The number of rotatable bonds is 5. The zero-order valence-corrected chi connectivity index (χ0v) is 14.8. The van der Waals surface area contributed by atoms with Gasteiger partial charge in [0.1, 0.15) is 10.6 Å². The smallest absolute Gasteiger partial charge is 0.308 e. The molecule has 134 valence electrons. The third kappa shape index (κ3) is 3.29. The number of hydrogen-bond donors (Lipinski definition) is 2. The van der Waals surface area contributed by atoms with E-state index in [9.17, 15) is 18.0 Å². The summed E-state index contributed by atoms with van der Waals surface area (Å²) in [6.45, 7) is 6.34. The molecule has 3 atom stereocenters. The van der Waals surface area contributed by atoms with Gasteiger partial charge in [-0.15, -0.1) is 0 Å². The number of carbonyl (C=O) groups is 2. The SMILES string of the molecule is Cc1noc(C)c1S(=O)(=O)NC(C)C(=O)N1CCC(C(=O)O)C1C. The van der Waals surface area contributed by atoms with E-state index in [4.69, 9.17) is 9.63 Å². The summed E-state index contributed by atoms with van der Waals surface area (Å²) in [4.78, 5) is 25.0. The Kier molecular flexibility index (Phi) is 5.00. The van der Waals surface area contributed by atoms with Gasteiger partial charge in [-0.1, -0.05) is 5.16 Å². The van der Waals surface area contributed by atoms with E-state index in [1.807, 2.05) is 0 Å². The van der Waals surface area contributed by atoms with Gasteiger partial charge in [-0.05, 0) is 34.1 Å². The summed E-state index contributed by atoms with van der Waals surface area (Å²) in [5.74, 6) is -1.91. The molecule has 2 rings (SSSR count). The minimum absolute atomic E-state index is 0.0833. The molecule has 1 aliphatic heterocycles. The van der Waals surface area contributed by atoms with Gasteiger partial charge < -0.3 is 14.5 Å². The second kappa shape index (κ2) is 6.52. The summed E-state index contributed by atoms with van der Waals surface area (Å²) in [6, 6.07) is -1.51. The predicted molar refractivity (Wildman–Crippen MR) is 82.7 cm³/mol. The van der Waals surface area contributed by atoms with Crippen LogP contribution in [-0.4, -0.2) is 54.1 Å². The van der Waals surface area contributed by atoms with Crippen molar-refractivity contribution in [3.63, 3.8) is 0 Å². The van der Waals surface area contributed by atoms with Crippen LogP contribution in [0.1, 0.15) is 31.7 Å². The molecule has 0 bridgehead atoms. The van der Waals surface area contributed by atoms with Gasteiger partial charge in [0.25, 0.3) is 0 Å². The third-order valence-corrected chi connectivity index (χ3v) is 6.08. The average molecular weight is 359 g/mol. The number of hydrogen-bond acceptors (Lipinski definition) is 6. The summed E-state index contributed by atoms with van der Waals surface area (Å²) >= 11 is 0. The topological polar surface area (TPSA) is 130 Å². The lowest BCUT2D eigenvalue weighted by Gasteiger charge is -2.26. The largest absolute Gasteiger partial charge is 0.481 e. The van der Waals surface area contributed by atoms with E-state index in [-0.39, 0.29) is 22.9 Å². The van der Waals surface area contributed by atoms with Gasteiger partial charge in [-0.2, -0.15) is 4.72 Å². The molecule has 2 N–H and O–H groups in total. The molecule has 1 fully saturated rings. The van der Waals surface area contributed by atoms with Crippen LogP contribution in [-0.2, 0) is 19.6 Å². The number of aryl methyl sites for hydroxylation is 2. The first-order valence-corrected chi connectivity index (χ1v) is 9.03. The number of aliphatic carboxylic acids is 1. The first-order chi connectivity index (χ1) is 11.1. The van der Waals surface area contributed by atoms with Gasteiger partial charge in [0.2, 0.25) is 15.9 Å². The van der Waals surface area contributed by atoms with Gasteiger partial charge in [-0.25, -0.2) is 8.42 Å². The number of nitrogens with one attached hydrogen (secondary N) is 1. The van der Waals surface area contributed by atoms with Crippen LogP contribution in [0.4, 0.5) is 0 Å². The number of aromatic nitrogens is 1. The molecule has 0 spiro atoms. The Hall–Kier alpha value is -1.94. The summed E-state index contributed by atoms with van der Waals surface area (Å²) in [6.07, 6.45) is 0.353. The molecule has 3 unspecified atom stereocenters. The van der Waals surface area contributed by atoms with Crippen LogP contribution in [0.15, 0.2) is 9.42 Å². The van der Waals surface area contributed by atoms with E-state index in [1.54, 1.807) is 6.92 Å². The van der Waals surface area contributed by atoms with Crippen LogP contribution in [0.25, 0.3) is 0 Å². The minimum atomic E-state index is -3.97. The van der Waals surface area contributed by atoms with Crippen LogP contribution >= 0.6 is 0 Å². The van der Waals surface area contributed by atoms with E-state index >= 15 is 0 Å². The Morgan fingerprint density at radius 1 is 1.42 bits per heavy atom. The van der Waals surface area contributed by atoms with Crippen molar-refractivity contribution in [2.75, 3.05) is 6.54 Å². The Morgan fingerprint density at radius 2 is 2.04 bits per heavy atom. The first kappa shape index (κ1) is 18.4. The van der Waals surface area contributed by atoms with Crippen LogP contribution in [0, 0.1) is 19.8 Å². The van der Waals surface area contributed by atoms with Crippen LogP contribution in [0.5, 0.6) is 0 Å². The molecule has 0 aromatic carbocycles. The lowest BCUT2D eigenvalue weighted by molar-refractivity contribution is -0.143. The van der Waals surface area contributed by atoms with E-state index < -0.39 is 39.9 Å². The highest BCUT2D eigenvalue weighted by Crippen LogP contribution is 2.25. The maximum Gasteiger partial charge on any atom is 0.308 e. The van der Waals surface area contributed by atoms with E-state index in [0.29, 0.717) is 6.42 Å². The van der Waals surface area contributed by atoms with Gasteiger partial charge in [0.05, 0.1) is 12.0 Å². The van der Waals surface area contributed by atoms with E-state index in [0.717, 1.165) is 0 Å². The maximum absolute atomic E-state index is 12.5. The van der Waals surface area contributed by atoms with Crippen molar-refractivity contribution in [1.82, 2.24) is 14.8 Å². The lowest BCUT2D eigenvalue weighted by atomic mass is 10.0. The molecular formula is C14H21N3O6S. The molecular weight excluding hydrogens is 338 g/mol. The minimum Gasteiger partial charge on any atom is -0.481 e. The second-order valence-electron chi connectivity index (χ2n) is 6.00. The molecule has 1 aromatic rings. The fourth-order valence-electron chi connectivity index (χ4n) is 3.03. The van der Waals surface area contributed by atoms with Crippen molar-refractivity contribution in [2.24, 2.45) is 5.92 Å². The van der Waals surface area contributed by atoms with Crippen LogP contribution in [0.3, 0.4) is 0 Å². The van der Waals surface area contributed by atoms with Crippen molar-refractivity contribution >= 4 is 21.9 Å². The molecule has 1 amide bonds. The highest BCUT2D eigenvalue weighted by Gasteiger charge is 2.40. The molecule has 1 saturated heterocycles. The Labute approximate surface area is 140 Å². The third-order valence-electron chi connectivity index (χ3n) is 4.29. The fraction of sp³-hybridized carbons (Fsp3) is 0.643. The number of likely N-dealkylation sites (tertiary alicyclic amines) is 1. The van der Waals surface area contributed by atoms with Crippen molar-refractivity contribution in [3.8, 4) is 0 Å². The molecule has 10 heteroatoms. The number of nitrogens with zero attached hydrogens (tertiary/aromatic N) is 2. The fourth-order valence-corrected chi connectivity index (χ4v) is 4.56. The van der Waals surface area contributed by atoms with Crippen molar-refractivity contribution in [2.45, 2.75) is 51.1 Å². The quantitative estimate of drug-likeness (QED) is 0.772. The average Bonchev–Trinajstić information content (AvgIpc) is 3.00. The monoisotopic (exact) mass is 359 g/mol. The van der Waals surface area contributed by atoms with Gasteiger partial charge in [-0.3, -0.25) is 9.59 Å². The van der Waals surface area contributed by atoms with E-state index in [2.05, 4.69) is 9.88 Å². The Balaban J connectivity index is 2.14. The zero-order chi connectivity index (χ0) is 18.2. The molecule has 24 heavy (non-hydrogen) atoms. The normalized spacial score (nSPS) is 22.6. The van der Waals surface area contributed by atoms with Crippen LogP contribution in [0.2, 0.25) is 0 Å².